The van der Waals surface area contributed by atoms with Gasteiger partial charge in [0.25, 0.3) is 0 Å². The fourth-order valence-electron chi connectivity index (χ4n) is 3.47. The van der Waals surface area contributed by atoms with Gasteiger partial charge in [-0.2, -0.15) is 0 Å². The molecule has 0 amide bonds. The summed E-state index contributed by atoms with van der Waals surface area (Å²) in [5.41, 5.74) is 2.69. The highest BCUT2D eigenvalue weighted by atomic mass is 35.5. The van der Waals surface area contributed by atoms with E-state index in [9.17, 15) is 0 Å². The summed E-state index contributed by atoms with van der Waals surface area (Å²) in [7, 11) is 2.23. The number of hydrogen-bond donors (Lipinski definition) is 1. The molecule has 0 spiro atoms. The molecule has 116 valence electrons. The molecule has 21 heavy (non-hydrogen) atoms. The normalized spacial score (nSPS) is 19.7. The zero-order chi connectivity index (χ0) is 14.7. The van der Waals surface area contributed by atoms with Crippen molar-refractivity contribution >= 4 is 17.3 Å². The third-order valence-electron chi connectivity index (χ3n) is 4.87. The van der Waals surface area contributed by atoms with Crippen LogP contribution in [0.5, 0.6) is 0 Å². The Morgan fingerprint density at radius 1 is 1.14 bits per heavy atom. The molecule has 1 N–H and O–H groups in total. The molecule has 0 radical (unpaired) electrons. The van der Waals surface area contributed by atoms with Gasteiger partial charge in [0.05, 0.1) is 0 Å². The van der Waals surface area contributed by atoms with E-state index in [2.05, 4.69) is 29.4 Å². The largest absolute Gasteiger partial charge is 0.374 e. The van der Waals surface area contributed by atoms with E-state index in [1.54, 1.807) is 0 Å². The molecule has 0 heterocycles. The van der Waals surface area contributed by atoms with Crippen LogP contribution < -0.4 is 10.2 Å². The van der Waals surface area contributed by atoms with Crippen LogP contribution in [0, 0.1) is 5.92 Å². The molecular weight excluding hydrogens is 280 g/mol. The number of nitrogens with one attached hydrogen (secondary N) is 1. The lowest BCUT2D eigenvalue weighted by atomic mass is 9.89. The van der Waals surface area contributed by atoms with Crippen molar-refractivity contribution in [1.29, 1.82) is 0 Å². The molecule has 2 saturated carbocycles. The summed E-state index contributed by atoms with van der Waals surface area (Å²) >= 11 is 6.20. The molecule has 0 aromatic heterocycles. The Morgan fingerprint density at radius 3 is 2.62 bits per heavy atom. The molecular formula is C18H27ClN2. The minimum atomic E-state index is 0.737. The first-order valence-corrected chi connectivity index (χ1v) is 8.83. The molecule has 2 aliphatic rings. The van der Waals surface area contributed by atoms with Gasteiger partial charge in [-0.05, 0) is 55.4 Å². The lowest BCUT2D eigenvalue weighted by molar-refractivity contribution is 0.362. The maximum atomic E-state index is 6.20. The first kappa shape index (κ1) is 15.2. The first-order valence-electron chi connectivity index (χ1n) is 8.45. The predicted molar refractivity (Wildman–Crippen MR) is 91.2 cm³/mol. The Bertz CT molecular complexity index is 464. The first-order chi connectivity index (χ1) is 10.2. The van der Waals surface area contributed by atoms with Crippen molar-refractivity contribution in [3.8, 4) is 0 Å². The van der Waals surface area contributed by atoms with Gasteiger partial charge in [-0.1, -0.05) is 30.9 Å². The van der Waals surface area contributed by atoms with Crippen molar-refractivity contribution in [2.75, 3.05) is 18.5 Å². The van der Waals surface area contributed by atoms with Crippen LogP contribution in [0.4, 0.5) is 5.69 Å². The number of hydrogen-bond acceptors (Lipinski definition) is 2. The summed E-state index contributed by atoms with van der Waals surface area (Å²) in [6.45, 7) is 2.12. The van der Waals surface area contributed by atoms with Gasteiger partial charge in [0.15, 0.2) is 0 Å². The zero-order valence-corrected chi connectivity index (χ0v) is 13.8. The summed E-state index contributed by atoms with van der Waals surface area (Å²) in [5, 5.41) is 4.46. The van der Waals surface area contributed by atoms with Crippen molar-refractivity contribution < 1.29 is 0 Å². The van der Waals surface area contributed by atoms with E-state index < -0.39 is 0 Å². The minimum absolute atomic E-state index is 0.737. The highest BCUT2D eigenvalue weighted by Crippen LogP contribution is 2.29. The molecule has 0 bridgehead atoms. The van der Waals surface area contributed by atoms with Crippen LogP contribution >= 0.6 is 11.6 Å². The zero-order valence-electron chi connectivity index (χ0n) is 13.1. The Labute approximate surface area is 133 Å². The maximum Gasteiger partial charge on any atom is 0.0410 e. The van der Waals surface area contributed by atoms with Crippen molar-refractivity contribution in [3.05, 3.63) is 28.8 Å². The average molecular weight is 307 g/mol. The van der Waals surface area contributed by atoms with E-state index in [1.807, 2.05) is 6.07 Å². The lowest BCUT2D eigenvalue weighted by Gasteiger charge is -2.30. The predicted octanol–water partition coefficient (Wildman–Crippen LogP) is 4.61. The second-order valence-corrected chi connectivity index (χ2v) is 7.25. The standard InChI is InChI=1S/C18H27ClN2/c1-21(13-14-5-3-2-4-6-14)18-10-7-16(19)11-15(18)12-20-17-8-9-17/h7,10-11,14,17,20H,2-6,8-9,12-13H2,1H3. The lowest BCUT2D eigenvalue weighted by Crippen LogP contribution is -2.28. The Morgan fingerprint density at radius 2 is 1.90 bits per heavy atom. The van der Waals surface area contributed by atoms with Crippen LogP contribution in [0.1, 0.15) is 50.5 Å². The monoisotopic (exact) mass is 306 g/mol. The fourth-order valence-corrected chi connectivity index (χ4v) is 3.66. The van der Waals surface area contributed by atoms with Crippen molar-refractivity contribution in [2.45, 2.75) is 57.5 Å². The second kappa shape index (κ2) is 7.02. The number of nitrogens with zero attached hydrogens (tertiary/aromatic N) is 1. The topological polar surface area (TPSA) is 15.3 Å². The highest BCUT2D eigenvalue weighted by molar-refractivity contribution is 6.30. The maximum absolute atomic E-state index is 6.20. The molecule has 0 atom stereocenters. The average Bonchev–Trinajstić information content (AvgIpc) is 3.30. The molecule has 1 aromatic rings. The van der Waals surface area contributed by atoms with Crippen molar-refractivity contribution in [2.24, 2.45) is 5.92 Å². The van der Waals surface area contributed by atoms with Crippen LogP contribution in [0.3, 0.4) is 0 Å². The van der Waals surface area contributed by atoms with E-state index in [4.69, 9.17) is 11.6 Å². The summed E-state index contributed by atoms with van der Waals surface area (Å²) in [5.74, 6) is 0.865. The van der Waals surface area contributed by atoms with Gasteiger partial charge in [-0.3, -0.25) is 0 Å². The van der Waals surface area contributed by atoms with Crippen LogP contribution in [-0.4, -0.2) is 19.6 Å². The van der Waals surface area contributed by atoms with E-state index in [0.717, 1.165) is 23.5 Å². The quantitative estimate of drug-likeness (QED) is 0.825. The number of rotatable bonds is 6. The summed E-state index contributed by atoms with van der Waals surface area (Å²) < 4.78 is 0. The van der Waals surface area contributed by atoms with Crippen LogP contribution in [0.25, 0.3) is 0 Å². The fraction of sp³-hybridized carbons (Fsp3) is 0.667. The van der Waals surface area contributed by atoms with Crippen LogP contribution in [-0.2, 0) is 6.54 Å². The van der Waals surface area contributed by atoms with Gasteiger partial charge in [0, 0.05) is 36.9 Å². The van der Waals surface area contributed by atoms with Crippen LogP contribution in [0.2, 0.25) is 5.02 Å². The molecule has 1 aromatic carbocycles. The minimum Gasteiger partial charge on any atom is -0.374 e. The van der Waals surface area contributed by atoms with E-state index in [1.165, 1.54) is 62.7 Å². The molecule has 0 aliphatic heterocycles. The molecule has 3 rings (SSSR count). The number of benzene rings is 1. The van der Waals surface area contributed by atoms with Gasteiger partial charge >= 0.3 is 0 Å². The number of halogens is 1. The molecule has 0 unspecified atom stereocenters. The number of anilines is 1. The summed E-state index contributed by atoms with van der Waals surface area (Å²) in [6, 6.07) is 7.08. The van der Waals surface area contributed by atoms with Gasteiger partial charge in [-0.15, -0.1) is 0 Å². The molecule has 2 nitrogen and oxygen atoms in total. The molecule has 2 fully saturated rings. The SMILES string of the molecule is CN(CC1CCCCC1)c1ccc(Cl)cc1CNC1CC1. The van der Waals surface area contributed by atoms with Gasteiger partial charge < -0.3 is 10.2 Å². The summed E-state index contributed by atoms with van der Waals surface area (Å²) in [6.07, 6.45) is 9.70. The Balaban J connectivity index is 1.66. The second-order valence-electron chi connectivity index (χ2n) is 6.81. The van der Waals surface area contributed by atoms with E-state index in [0.29, 0.717) is 0 Å². The van der Waals surface area contributed by atoms with E-state index in [-0.39, 0.29) is 0 Å². The molecule has 3 heteroatoms. The Kier molecular flexibility index (Phi) is 5.07. The van der Waals surface area contributed by atoms with Gasteiger partial charge in [0.1, 0.15) is 0 Å². The summed E-state index contributed by atoms with van der Waals surface area (Å²) in [4.78, 5) is 2.44. The molecule has 2 aliphatic carbocycles. The van der Waals surface area contributed by atoms with Gasteiger partial charge in [0.2, 0.25) is 0 Å². The van der Waals surface area contributed by atoms with Gasteiger partial charge in [-0.25, -0.2) is 0 Å². The van der Waals surface area contributed by atoms with E-state index >= 15 is 0 Å². The Hall–Kier alpha value is -0.730. The smallest absolute Gasteiger partial charge is 0.0410 e. The van der Waals surface area contributed by atoms with Crippen molar-refractivity contribution in [1.82, 2.24) is 5.32 Å². The third-order valence-corrected chi connectivity index (χ3v) is 5.10. The molecule has 0 saturated heterocycles. The highest BCUT2D eigenvalue weighted by Gasteiger charge is 2.21. The van der Waals surface area contributed by atoms with Crippen LogP contribution in [0.15, 0.2) is 18.2 Å². The van der Waals surface area contributed by atoms with Crippen molar-refractivity contribution in [3.63, 3.8) is 0 Å². The third kappa shape index (κ3) is 4.37.